The van der Waals surface area contributed by atoms with Gasteiger partial charge in [0.25, 0.3) is 0 Å². The average molecular weight is 280 g/mol. The Balaban J connectivity index is 2.12. The van der Waals surface area contributed by atoms with E-state index < -0.39 is 4.92 Å². The molecule has 0 atom stereocenters. The Morgan fingerprint density at radius 1 is 1.50 bits per heavy atom. The van der Waals surface area contributed by atoms with E-state index in [1.165, 1.54) is 6.07 Å². The van der Waals surface area contributed by atoms with E-state index in [0.717, 1.165) is 12.8 Å². The summed E-state index contributed by atoms with van der Waals surface area (Å²) in [7, 11) is 4.06. The van der Waals surface area contributed by atoms with Crippen molar-refractivity contribution in [2.24, 2.45) is 0 Å². The molecule has 0 bridgehead atoms. The molecule has 1 aliphatic heterocycles. The number of aromatic nitrogens is 1. The molecule has 0 saturated carbocycles. The molecule has 20 heavy (non-hydrogen) atoms. The molecule has 7 heteroatoms. The van der Waals surface area contributed by atoms with Gasteiger partial charge >= 0.3 is 5.69 Å². The maximum absolute atomic E-state index is 11.0. The van der Waals surface area contributed by atoms with Crippen LogP contribution in [0, 0.1) is 10.1 Å². The Kier molecular flexibility index (Phi) is 4.51. The Bertz CT molecular complexity index is 472. The molecule has 1 N–H and O–H groups in total. The third-order valence-corrected chi connectivity index (χ3v) is 3.94. The van der Waals surface area contributed by atoms with Crippen molar-refractivity contribution in [2.45, 2.75) is 18.4 Å². The highest BCUT2D eigenvalue weighted by molar-refractivity contribution is 5.55. The number of likely N-dealkylation sites (N-methyl/N-ethyl adjacent to an activating group) is 1. The Morgan fingerprint density at radius 2 is 2.20 bits per heavy atom. The summed E-state index contributed by atoms with van der Waals surface area (Å²) in [6.07, 6.45) is 3.35. The van der Waals surface area contributed by atoms with Crippen molar-refractivity contribution in [3.8, 4) is 0 Å². The molecule has 2 rings (SSSR count). The van der Waals surface area contributed by atoms with Crippen LogP contribution < -0.4 is 5.32 Å². The molecule has 0 aliphatic carbocycles. The van der Waals surface area contributed by atoms with Crippen LogP contribution in [0.3, 0.4) is 0 Å². The largest absolute Gasteiger partial charge is 0.381 e. The summed E-state index contributed by atoms with van der Waals surface area (Å²) in [6.45, 7) is 2.04. The first-order valence-corrected chi connectivity index (χ1v) is 6.64. The lowest BCUT2D eigenvalue weighted by atomic mass is 9.88. The molecule has 0 aromatic carbocycles. The first-order valence-electron chi connectivity index (χ1n) is 6.64. The number of hydrogen-bond donors (Lipinski definition) is 1. The maximum atomic E-state index is 11.0. The average Bonchev–Trinajstić information content (AvgIpc) is 2.46. The highest BCUT2D eigenvalue weighted by Gasteiger charge is 2.35. The molecule has 0 amide bonds. The fourth-order valence-electron chi connectivity index (χ4n) is 2.46. The molecule has 1 fully saturated rings. The zero-order valence-electron chi connectivity index (χ0n) is 11.8. The molecule has 0 radical (unpaired) electrons. The summed E-state index contributed by atoms with van der Waals surface area (Å²) in [5.41, 5.74) is -0.0441. The van der Waals surface area contributed by atoms with Gasteiger partial charge in [0.2, 0.25) is 5.82 Å². The smallest absolute Gasteiger partial charge is 0.311 e. The molecule has 1 saturated heterocycles. The lowest BCUT2D eigenvalue weighted by Crippen LogP contribution is -2.53. The molecule has 0 unspecified atom stereocenters. The van der Waals surface area contributed by atoms with E-state index in [1.54, 1.807) is 12.3 Å². The number of nitrogens with one attached hydrogen (secondary N) is 1. The number of nitro groups is 1. The van der Waals surface area contributed by atoms with Crippen molar-refractivity contribution in [1.29, 1.82) is 0 Å². The Morgan fingerprint density at radius 3 is 2.80 bits per heavy atom. The quantitative estimate of drug-likeness (QED) is 0.650. The fourth-order valence-corrected chi connectivity index (χ4v) is 2.46. The number of anilines is 1. The van der Waals surface area contributed by atoms with Crippen LogP contribution in [-0.4, -0.2) is 54.2 Å². The highest BCUT2D eigenvalue weighted by atomic mass is 16.6. The van der Waals surface area contributed by atoms with Gasteiger partial charge in [-0.2, -0.15) is 0 Å². The van der Waals surface area contributed by atoms with Gasteiger partial charge in [0.1, 0.15) is 0 Å². The monoisotopic (exact) mass is 280 g/mol. The number of pyridine rings is 1. The second-order valence-corrected chi connectivity index (χ2v) is 5.21. The van der Waals surface area contributed by atoms with Crippen molar-refractivity contribution in [3.63, 3.8) is 0 Å². The molecule has 1 aliphatic rings. The van der Waals surface area contributed by atoms with Crippen LogP contribution >= 0.6 is 0 Å². The van der Waals surface area contributed by atoms with Gasteiger partial charge in [-0.25, -0.2) is 4.98 Å². The molecule has 110 valence electrons. The third kappa shape index (κ3) is 3.05. The predicted molar refractivity (Wildman–Crippen MR) is 75.9 cm³/mol. The first kappa shape index (κ1) is 14.7. The van der Waals surface area contributed by atoms with Crippen LogP contribution in [0.5, 0.6) is 0 Å². The summed E-state index contributed by atoms with van der Waals surface area (Å²) in [5, 5.41) is 14.1. The minimum Gasteiger partial charge on any atom is -0.381 e. The van der Waals surface area contributed by atoms with Crippen molar-refractivity contribution in [1.82, 2.24) is 9.88 Å². The summed E-state index contributed by atoms with van der Waals surface area (Å²) in [5.74, 6) is 0.324. The van der Waals surface area contributed by atoms with Gasteiger partial charge in [-0.05, 0) is 33.0 Å². The van der Waals surface area contributed by atoms with Crippen LogP contribution in [0.15, 0.2) is 18.3 Å². The second kappa shape index (κ2) is 6.15. The van der Waals surface area contributed by atoms with E-state index in [9.17, 15) is 10.1 Å². The van der Waals surface area contributed by atoms with Gasteiger partial charge in [0.05, 0.1) is 4.92 Å². The van der Waals surface area contributed by atoms with Crippen LogP contribution in [0.25, 0.3) is 0 Å². The van der Waals surface area contributed by atoms with Crippen molar-refractivity contribution >= 4 is 11.5 Å². The summed E-state index contributed by atoms with van der Waals surface area (Å²) in [6, 6.07) is 3.03. The standard InChI is InChI=1S/C13H20N4O3/c1-16(2)13(5-8-20-9-6-13)10-15-12-11(17(18)19)4-3-7-14-12/h3-4,7H,5-6,8-10H2,1-2H3,(H,14,15). The van der Waals surface area contributed by atoms with Crippen LogP contribution in [0.1, 0.15) is 12.8 Å². The summed E-state index contributed by atoms with van der Waals surface area (Å²) in [4.78, 5) is 16.8. The normalized spacial score (nSPS) is 17.9. The van der Waals surface area contributed by atoms with E-state index in [1.807, 2.05) is 14.1 Å². The molecule has 2 heterocycles. The van der Waals surface area contributed by atoms with E-state index in [-0.39, 0.29) is 11.2 Å². The number of hydrogen-bond acceptors (Lipinski definition) is 6. The number of nitrogens with zero attached hydrogens (tertiary/aromatic N) is 3. The van der Waals surface area contributed by atoms with Gasteiger partial charge in [-0.1, -0.05) is 0 Å². The predicted octanol–water partition coefficient (Wildman–Crippen LogP) is 1.51. The van der Waals surface area contributed by atoms with E-state index >= 15 is 0 Å². The molecular weight excluding hydrogens is 260 g/mol. The first-order chi connectivity index (χ1) is 9.55. The maximum Gasteiger partial charge on any atom is 0.311 e. The van der Waals surface area contributed by atoms with E-state index in [4.69, 9.17) is 4.74 Å². The van der Waals surface area contributed by atoms with Crippen molar-refractivity contribution in [3.05, 3.63) is 28.4 Å². The third-order valence-electron chi connectivity index (χ3n) is 3.94. The lowest BCUT2D eigenvalue weighted by Gasteiger charge is -2.42. The van der Waals surface area contributed by atoms with Crippen LogP contribution in [-0.2, 0) is 4.74 Å². The van der Waals surface area contributed by atoms with Gasteiger partial charge in [0.15, 0.2) is 0 Å². The number of ether oxygens (including phenoxy) is 1. The Labute approximate surface area is 118 Å². The van der Waals surface area contributed by atoms with Gasteiger partial charge in [0, 0.05) is 37.6 Å². The number of rotatable bonds is 5. The lowest BCUT2D eigenvalue weighted by molar-refractivity contribution is -0.384. The summed E-state index contributed by atoms with van der Waals surface area (Å²) < 4.78 is 5.41. The van der Waals surface area contributed by atoms with Gasteiger partial charge < -0.3 is 15.0 Å². The van der Waals surface area contributed by atoms with Crippen LogP contribution in [0.4, 0.5) is 11.5 Å². The second-order valence-electron chi connectivity index (χ2n) is 5.21. The molecule has 0 spiro atoms. The molecule has 1 aromatic rings. The molecule has 1 aromatic heterocycles. The highest BCUT2D eigenvalue weighted by Crippen LogP contribution is 2.28. The fraction of sp³-hybridized carbons (Fsp3) is 0.615. The van der Waals surface area contributed by atoms with Crippen molar-refractivity contribution < 1.29 is 9.66 Å². The van der Waals surface area contributed by atoms with E-state index in [0.29, 0.717) is 25.6 Å². The van der Waals surface area contributed by atoms with Crippen molar-refractivity contribution in [2.75, 3.05) is 39.2 Å². The Hall–Kier alpha value is -1.73. The minimum absolute atomic E-state index is 0.00784. The summed E-state index contributed by atoms with van der Waals surface area (Å²) >= 11 is 0. The zero-order chi connectivity index (χ0) is 14.6. The van der Waals surface area contributed by atoms with E-state index in [2.05, 4.69) is 15.2 Å². The molecule has 7 nitrogen and oxygen atoms in total. The van der Waals surface area contributed by atoms with Crippen LogP contribution in [0.2, 0.25) is 0 Å². The minimum atomic E-state index is -0.415. The van der Waals surface area contributed by atoms with Gasteiger partial charge in [-0.15, -0.1) is 0 Å². The topological polar surface area (TPSA) is 80.5 Å². The van der Waals surface area contributed by atoms with Gasteiger partial charge in [-0.3, -0.25) is 10.1 Å². The SMILES string of the molecule is CN(C)C1(CNc2ncccc2[N+](=O)[O-])CCOCC1. The molecular formula is C13H20N4O3. The zero-order valence-corrected chi connectivity index (χ0v) is 11.8.